The maximum Gasteiger partial charge on any atom is 0.573 e. The summed E-state index contributed by atoms with van der Waals surface area (Å²) in [7, 11) is 0. The molecule has 1 aromatic heterocycles. The summed E-state index contributed by atoms with van der Waals surface area (Å²) in [5.74, 6) is -3.70. The highest BCUT2D eigenvalue weighted by Crippen LogP contribution is 2.41. The van der Waals surface area contributed by atoms with Gasteiger partial charge in [0, 0.05) is 6.07 Å². The molecule has 4 nitrogen and oxygen atoms in total. The van der Waals surface area contributed by atoms with Crippen LogP contribution in [0.5, 0.6) is 5.75 Å². The van der Waals surface area contributed by atoms with E-state index in [2.05, 4.69) is 14.5 Å². The van der Waals surface area contributed by atoms with Gasteiger partial charge in [-0.25, -0.2) is 9.78 Å². The quantitative estimate of drug-likeness (QED) is 0.469. The minimum absolute atomic E-state index is 0.146. The number of ether oxygens (including phenoxy) is 2. The molecule has 0 aliphatic carbocycles. The van der Waals surface area contributed by atoms with Gasteiger partial charge >= 0.3 is 18.5 Å². The molecule has 0 amide bonds. The van der Waals surface area contributed by atoms with Crippen molar-refractivity contribution in [3.63, 3.8) is 0 Å². The summed E-state index contributed by atoms with van der Waals surface area (Å²) in [6, 6.07) is 0.213. The molecule has 0 atom stereocenters. The zero-order valence-corrected chi connectivity index (χ0v) is 11.6. The molecule has 0 radical (unpaired) electrons. The van der Waals surface area contributed by atoms with Crippen LogP contribution in [-0.4, -0.2) is 23.9 Å². The number of aromatic nitrogens is 1. The molecule has 0 saturated heterocycles. The smallest absolute Gasteiger partial charge is 0.461 e. The molecule has 0 bridgehead atoms. The predicted molar refractivity (Wildman–Crippen MR) is 61.4 cm³/mol. The molecule has 1 aromatic rings. The maximum absolute atomic E-state index is 12.9. The Balaban J connectivity index is 3.52. The van der Waals surface area contributed by atoms with Crippen LogP contribution in [0.4, 0.5) is 26.3 Å². The largest absolute Gasteiger partial charge is 0.573 e. The Morgan fingerprint density at radius 3 is 2.27 bits per heavy atom. The number of hydrogen-bond acceptors (Lipinski definition) is 4. The summed E-state index contributed by atoms with van der Waals surface area (Å²) in [5, 5.41) is 0. The first-order valence-corrected chi connectivity index (χ1v) is 6.13. The van der Waals surface area contributed by atoms with E-state index in [4.69, 9.17) is 11.6 Å². The Morgan fingerprint density at radius 1 is 1.27 bits per heavy atom. The van der Waals surface area contributed by atoms with Gasteiger partial charge in [0.15, 0.2) is 5.69 Å². The van der Waals surface area contributed by atoms with Crippen molar-refractivity contribution in [1.82, 2.24) is 4.98 Å². The molecule has 0 fully saturated rings. The van der Waals surface area contributed by atoms with Crippen LogP contribution in [0.1, 0.15) is 28.7 Å². The number of nitrogens with zero attached hydrogens (tertiary/aromatic N) is 1. The molecule has 1 heterocycles. The molecule has 0 N–H and O–H groups in total. The summed E-state index contributed by atoms with van der Waals surface area (Å²) < 4.78 is 83.3. The van der Waals surface area contributed by atoms with Gasteiger partial charge in [-0.1, -0.05) is 0 Å². The number of carbonyl (C=O) groups excluding carboxylic acids is 1. The number of alkyl halides is 7. The Morgan fingerprint density at radius 2 is 1.86 bits per heavy atom. The lowest BCUT2D eigenvalue weighted by Gasteiger charge is -2.18. The minimum atomic E-state index is -5.39. The van der Waals surface area contributed by atoms with E-state index in [1.165, 1.54) is 6.92 Å². The Kier molecular flexibility index (Phi) is 5.49. The van der Waals surface area contributed by atoms with Gasteiger partial charge in [-0.15, -0.1) is 24.8 Å². The van der Waals surface area contributed by atoms with E-state index in [1.807, 2.05) is 0 Å². The van der Waals surface area contributed by atoms with Gasteiger partial charge in [-0.05, 0) is 6.92 Å². The van der Waals surface area contributed by atoms with E-state index < -0.39 is 47.1 Å². The average molecular weight is 352 g/mol. The number of rotatable bonds is 4. The normalized spacial score (nSPS) is 12.2. The average Bonchev–Trinajstić information content (AvgIpc) is 2.34. The minimum Gasteiger partial charge on any atom is -0.461 e. The first kappa shape index (κ1) is 18.3. The first-order valence-electron chi connectivity index (χ1n) is 5.59. The predicted octanol–water partition coefficient (Wildman–Crippen LogP) is 3.91. The summed E-state index contributed by atoms with van der Waals surface area (Å²) >= 11 is 5.28. The molecular weight excluding hydrogens is 344 g/mol. The summed E-state index contributed by atoms with van der Waals surface area (Å²) in [6.45, 7) is 1.25. The van der Waals surface area contributed by atoms with E-state index in [0.29, 0.717) is 0 Å². The lowest BCUT2D eigenvalue weighted by Crippen LogP contribution is -2.23. The van der Waals surface area contributed by atoms with Crippen LogP contribution >= 0.6 is 11.6 Å². The molecule has 0 spiro atoms. The van der Waals surface area contributed by atoms with Gasteiger partial charge in [-0.2, -0.15) is 13.2 Å². The molecule has 0 aliphatic rings. The lowest BCUT2D eigenvalue weighted by atomic mass is 10.1. The van der Waals surface area contributed by atoms with Crippen LogP contribution in [0.3, 0.4) is 0 Å². The topological polar surface area (TPSA) is 48.4 Å². The van der Waals surface area contributed by atoms with Crippen molar-refractivity contribution in [1.29, 1.82) is 0 Å². The van der Waals surface area contributed by atoms with Crippen molar-refractivity contribution >= 4 is 17.6 Å². The van der Waals surface area contributed by atoms with Gasteiger partial charge in [-0.3, -0.25) is 0 Å². The lowest BCUT2D eigenvalue weighted by molar-refractivity contribution is -0.276. The van der Waals surface area contributed by atoms with Gasteiger partial charge in [0.2, 0.25) is 0 Å². The van der Waals surface area contributed by atoms with Crippen LogP contribution in [0, 0.1) is 0 Å². The third kappa shape index (κ3) is 4.65. The molecule has 11 heteroatoms. The second-order valence-corrected chi connectivity index (χ2v) is 3.99. The Labute approximate surface area is 125 Å². The first-order chi connectivity index (χ1) is 9.99. The molecular formula is C11H8ClF6NO3. The molecule has 1 rings (SSSR count). The highest BCUT2D eigenvalue weighted by Gasteiger charge is 2.42. The third-order valence-electron chi connectivity index (χ3n) is 2.18. The fraction of sp³-hybridized carbons (Fsp3) is 0.455. The Hall–Kier alpha value is -1.71. The van der Waals surface area contributed by atoms with Gasteiger partial charge in [0.1, 0.15) is 11.3 Å². The van der Waals surface area contributed by atoms with E-state index in [1.54, 1.807) is 0 Å². The highest BCUT2D eigenvalue weighted by atomic mass is 35.5. The molecule has 124 valence electrons. The van der Waals surface area contributed by atoms with Crippen LogP contribution in [0.15, 0.2) is 6.07 Å². The molecule has 22 heavy (non-hydrogen) atoms. The summed E-state index contributed by atoms with van der Waals surface area (Å²) in [6.07, 6.45) is -10.6. The third-order valence-corrected chi connectivity index (χ3v) is 2.43. The highest BCUT2D eigenvalue weighted by molar-refractivity contribution is 6.17. The van der Waals surface area contributed by atoms with E-state index in [0.717, 1.165) is 0 Å². The molecule has 0 aliphatic heterocycles. The molecule has 0 saturated carbocycles. The van der Waals surface area contributed by atoms with Crippen molar-refractivity contribution in [2.24, 2.45) is 0 Å². The monoisotopic (exact) mass is 351 g/mol. The number of esters is 1. The van der Waals surface area contributed by atoms with E-state index in [-0.39, 0.29) is 12.7 Å². The second-order valence-electron chi connectivity index (χ2n) is 3.73. The fourth-order valence-electron chi connectivity index (χ4n) is 1.49. The van der Waals surface area contributed by atoms with E-state index in [9.17, 15) is 31.1 Å². The fourth-order valence-corrected chi connectivity index (χ4v) is 1.68. The van der Waals surface area contributed by atoms with Crippen molar-refractivity contribution in [2.75, 3.05) is 6.61 Å². The standard InChI is InChI=1S/C11H8ClF6NO3/c1-2-21-9(20)5-3-7(22-11(16,17)18)8(10(13,14)15)6(4-12)19-5/h3H,2,4H2,1H3. The number of carbonyl (C=O) groups is 1. The van der Waals surface area contributed by atoms with Gasteiger partial charge in [0.05, 0.1) is 18.2 Å². The van der Waals surface area contributed by atoms with Crippen LogP contribution in [0.2, 0.25) is 0 Å². The molecule has 0 aromatic carbocycles. The van der Waals surface area contributed by atoms with Crippen LogP contribution in [0.25, 0.3) is 0 Å². The number of pyridine rings is 1. The van der Waals surface area contributed by atoms with Crippen molar-refractivity contribution in [3.05, 3.63) is 23.0 Å². The van der Waals surface area contributed by atoms with Crippen molar-refractivity contribution in [3.8, 4) is 5.75 Å². The summed E-state index contributed by atoms with van der Waals surface area (Å²) in [4.78, 5) is 14.7. The Bertz CT molecular complexity index is 558. The maximum atomic E-state index is 12.9. The summed E-state index contributed by atoms with van der Waals surface area (Å²) in [5.41, 5.74) is -3.54. The van der Waals surface area contributed by atoms with Gasteiger partial charge in [0.25, 0.3) is 0 Å². The SMILES string of the molecule is CCOC(=O)c1cc(OC(F)(F)F)c(C(F)(F)F)c(CCl)n1. The number of halogens is 7. The molecule has 0 unspecified atom stereocenters. The van der Waals surface area contributed by atoms with Crippen molar-refractivity contribution < 1.29 is 40.6 Å². The van der Waals surface area contributed by atoms with Gasteiger partial charge < -0.3 is 9.47 Å². The second kappa shape index (κ2) is 6.59. The van der Waals surface area contributed by atoms with Crippen molar-refractivity contribution in [2.45, 2.75) is 25.3 Å². The zero-order chi connectivity index (χ0) is 17.1. The van der Waals surface area contributed by atoms with Crippen LogP contribution in [-0.2, 0) is 16.8 Å². The zero-order valence-electron chi connectivity index (χ0n) is 10.8. The van der Waals surface area contributed by atoms with Crippen LogP contribution < -0.4 is 4.74 Å². The number of hydrogen-bond donors (Lipinski definition) is 0. The van der Waals surface area contributed by atoms with E-state index >= 15 is 0 Å².